The topological polar surface area (TPSA) is 91.0 Å². The summed E-state index contributed by atoms with van der Waals surface area (Å²) in [6.07, 6.45) is 2.69. The maximum absolute atomic E-state index is 16.1. The van der Waals surface area contributed by atoms with Gasteiger partial charge in [-0.1, -0.05) is 41.4 Å². The predicted octanol–water partition coefficient (Wildman–Crippen LogP) is 6.19. The Bertz CT molecular complexity index is 1680. The van der Waals surface area contributed by atoms with E-state index in [-0.39, 0.29) is 41.0 Å². The molecule has 7 rings (SSSR count). The first kappa shape index (κ1) is 30.0. The van der Waals surface area contributed by atoms with E-state index in [1.54, 1.807) is 36.1 Å². The highest BCUT2D eigenvalue weighted by molar-refractivity contribution is 6.31. The van der Waals surface area contributed by atoms with E-state index in [2.05, 4.69) is 15.5 Å². The number of hydrogen-bond acceptors (Lipinski definition) is 6. The fraction of sp³-hybridized carbons (Fsp3) is 0.382. The number of benzene rings is 3. The number of likely N-dealkylation sites (tertiary alicyclic amines) is 1. The third-order valence-corrected chi connectivity index (χ3v) is 10.2. The molecular weight excluding hydrogens is 618 g/mol. The van der Waals surface area contributed by atoms with Gasteiger partial charge in [-0.05, 0) is 80.1 Å². The van der Waals surface area contributed by atoms with Crippen molar-refractivity contribution in [2.45, 2.75) is 43.7 Å². The zero-order valence-corrected chi connectivity index (χ0v) is 26.2. The highest BCUT2D eigenvalue weighted by atomic mass is 35.5. The number of nitrogens with zero attached hydrogens (tertiary/aromatic N) is 2. The second-order valence-electron chi connectivity index (χ2n) is 12.2. The minimum absolute atomic E-state index is 0.0279. The lowest BCUT2D eigenvalue weighted by molar-refractivity contribution is -0.141. The Morgan fingerprint density at radius 1 is 1.09 bits per heavy atom. The lowest BCUT2D eigenvalue weighted by Crippen LogP contribution is -2.54. The van der Waals surface area contributed by atoms with E-state index in [1.165, 1.54) is 6.07 Å². The van der Waals surface area contributed by atoms with Crippen LogP contribution in [0.5, 0.6) is 0 Å². The molecule has 3 aromatic carbocycles. The van der Waals surface area contributed by atoms with Crippen LogP contribution in [0.3, 0.4) is 0 Å². The zero-order chi connectivity index (χ0) is 31.5. The number of ether oxygens (including phenoxy) is 1. The second kappa shape index (κ2) is 11.6. The fourth-order valence-electron chi connectivity index (χ4n) is 7.64. The largest absolute Gasteiger partial charge is 0.465 e. The Morgan fingerprint density at radius 3 is 2.60 bits per heavy atom. The monoisotopic (exact) mass is 650 g/mol. The number of hydrogen-bond donors (Lipinski definition) is 2. The van der Waals surface area contributed by atoms with Gasteiger partial charge < -0.3 is 20.3 Å². The van der Waals surface area contributed by atoms with Crippen LogP contribution in [0.2, 0.25) is 10.0 Å². The van der Waals surface area contributed by atoms with Crippen LogP contribution in [0.4, 0.5) is 21.5 Å². The van der Waals surface area contributed by atoms with Crippen molar-refractivity contribution < 1.29 is 23.5 Å². The SMILES string of the molecule is CCOC(=O)CNc1ccc(N2CC[C@H]3[C@@H](C2=O)C(c2cccc(Cl)c2F)[C@]2(C(=O)Nc4cc(Cl)ccc42)N3CC2CC2)cc1. The van der Waals surface area contributed by atoms with Crippen molar-refractivity contribution in [3.05, 3.63) is 87.7 Å². The van der Waals surface area contributed by atoms with Gasteiger partial charge in [-0.25, -0.2) is 4.39 Å². The van der Waals surface area contributed by atoms with Crippen LogP contribution in [0.15, 0.2) is 60.7 Å². The maximum Gasteiger partial charge on any atom is 0.325 e. The summed E-state index contributed by atoms with van der Waals surface area (Å²) in [6.45, 7) is 3.15. The van der Waals surface area contributed by atoms with E-state index in [1.807, 2.05) is 30.3 Å². The number of nitrogens with one attached hydrogen (secondary N) is 2. The van der Waals surface area contributed by atoms with Gasteiger partial charge in [0.15, 0.2) is 0 Å². The smallest absolute Gasteiger partial charge is 0.325 e. The molecule has 3 heterocycles. The van der Waals surface area contributed by atoms with E-state index in [0.717, 1.165) is 12.8 Å². The van der Waals surface area contributed by atoms with E-state index in [4.69, 9.17) is 27.9 Å². The lowest BCUT2D eigenvalue weighted by atomic mass is 9.70. The molecular formula is C34H33Cl2FN4O4. The number of rotatable bonds is 8. The first-order chi connectivity index (χ1) is 21.7. The van der Waals surface area contributed by atoms with E-state index in [0.29, 0.717) is 59.7 Å². The molecule has 0 aromatic heterocycles. The number of piperidine rings is 1. The summed E-state index contributed by atoms with van der Waals surface area (Å²) >= 11 is 12.7. The van der Waals surface area contributed by atoms with Gasteiger partial charge in [0.25, 0.3) is 0 Å². The molecule has 1 saturated carbocycles. The van der Waals surface area contributed by atoms with Gasteiger partial charge in [-0.3, -0.25) is 19.3 Å². The van der Waals surface area contributed by atoms with Gasteiger partial charge in [-0.2, -0.15) is 0 Å². The molecule has 3 aromatic rings. The maximum atomic E-state index is 16.1. The Balaban J connectivity index is 1.32. The van der Waals surface area contributed by atoms with Crippen molar-refractivity contribution in [3.8, 4) is 0 Å². The number of anilines is 3. The third-order valence-electron chi connectivity index (χ3n) is 9.65. The van der Waals surface area contributed by atoms with Crippen LogP contribution in [-0.2, 0) is 24.7 Å². The molecule has 3 fully saturated rings. The number of fused-ring (bicyclic) bond motifs is 3. The Labute approximate surface area is 270 Å². The van der Waals surface area contributed by atoms with E-state index < -0.39 is 23.2 Å². The number of carbonyl (C=O) groups is 3. The van der Waals surface area contributed by atoms with E-state index in [9.17, 15) is 14.4 Å². The van der Waals surface area contributed by atoms with Crippen LogP contribution in [0, 0.1) is 17.7 Å². The summed E-state index contributed by atoms with van der Waals surface area (Å²) in [6, 6.07) is 17.1. The third kappa shape index (κ3) is 4.96. The molecule has 1 unspecified atom stereocenters. The van der Waals surface area contributed by atoms with Gasteiger partial charge in [0.05, 0.1) is 17.5 Å². The summed E-state index contributed by atoms with van der Waals surface area (Å²) in [5, 5.41) is 6.50. The fourth-order valence-corrected chi connectivity index (χ4v) is 7.99. The Kier molecular flexibility index (Phi) is 7.74. The van der Waals surface area contributed by atoms with Gasteiger partial charge in [0.2, 0.25) is 11.8 Å². The lowest BCUT2D eigenvalue weighted by Gasteiger charge is -2.40. The van der Waals surface area contributed by atoms with Crippen LogP contribution >= 0.6 is 23.2 Å². The molecule has 3 aliphatic heterocycles. The van der Waals surface area contributed by atoms with Gasteiger partial charge in [0, 0.05) is 52.7 Å². The minimum atomic E-state index is -1.32. The molecule has 2 N–H and O–H groups in total. The molecule has 0 radical (unpaired) electrons. The number of halogens is 3. The first-order valence-corrected chi connectivity index (χ1v) is 16.1. The molecule has 2 saturated heterocycles. The molecule has 11 heteroatoms. The Hall–Kier alpha value is -3.66. The van der Waals surface area contributed by atoms with Gasteiger partial charge >= 0.3 is 5.97 Å². The Morgan fingerprint density at radius 2 is 1.87 bits per heavy atom. The van der Waals surface area contributed by atoms with Crippen molar-refractivity contribution in [1.82, 2.24) is 4.90 Å². The highest BCUT2D eigenvalue weighted by Gasteiger charge is 2.70. The first-order valence-electron chi connectivity index (χ1n) is 15.4. The number of esters is 1. The summed E-state index contributed by atoms with van der Waals surface area (Å²) in [5.74, 6) is -2.59. The van der Waals surface area contributed by atoms with Crippen LogP contribution in [-0.4, -0.2) is 55.0 Å². The number of amides is 2. The standard InChI is InChI=1S/C34H33Cl2FN4O4/c1-2-45-28(42)17-38-21-9-11-22(12-10-21)40-15-14-27-29(32(40)43)30(23-4-3-5-25(36)31(23)37)34(41(27)18-19-6-7-19)24-13-8-20(35)16-26(24)39-33(34)44/h3-5,8-13,16,19,27,29-30,38H,2,6-7,14-15,17-18H2,1H3,(H,39,44)/t27-,29+,30?,34+/m0/s1. The molecule has 45 heavy (non-hydrogen) atoms. The number of carbonyl (C=O) groups excluding carboxylic acids is 3. The molecule has 2 amide bonds. The average Bonchev–Trinajstić information content (AvgIpc) is 3.74. The van der Waals surface area contributed by atoms with Crippen LogP contribution in [0.1, 0.15) is 43.2 Å². The molecule has 234 valence electrons. The molecule has 1 aliphatic carbocycles. The molecule has 8 nitrogen and oxygen atoms in total. The molecule has 4 atom stereocenters. The molecule has 4 aliphatic rings. The highest BCUT2D eigenvalue weighted by Crippen LogP contribution is 2.62. The summed E-state index contributed by atoms with van der Waals surface area (Å²) < 4.78 is 21.1. The average molecular weight is 652 g/mol. The molecule has 1 spiro atoms. The van der Waals surface area contributed by atoms with E-state index >= 15 is 4.39 Å². The summed E-state index contributed by atoms with van der Waals surface area (Å²) in [5.41, 5.74) is 1.60. The normalized spacial score (nSPS) is 25.7. The van der Waals surface area contributed by atoms with Crippen molar-refractivity contribution in [1.29, 1.82) is 0 Å². The predicted molar refractivity (Wildman–Crippen MR) is 171 cm³/mol. The van der Waals surface area contributed by atoms with Crippen LogP contribution in [0.25, 0.3) is 0 Å². The van der Waals surface area contributed by atoms with Crippen molar-refractivity contribution in [2.24, 2.45) is 11.8 Å². The minimum Gasteiger partial charge on any atom is -0.465 e. The molecule has 0 bridgehead atoms. The second-order valence-corrected chi connectivity index (χ2v) is 13.0. The quantitative estimate of drug-likeness (QED) is 0.283. The van der Waals surface area contributed by atoms with Crippen molar-refractivity contribution >= 4 is 58.0 Å². The zero-order valence-electron chi connectivity index (χ0n) is 24.7. The van der Waals surface area contributed by atoms with Crippen LogP contribution < -0.4 is 15.5 Å². The van der Waals surface area contributed by atoms with Crippen molar-refractivity contribution in [2.75, 3.05) is 41.8 Å². The summed E-state index contributed by atoms with van der Waals surface area (Å²) in [4.78, 5) is 44.9. The summed E-state index contributed by atoms with van der Waals surface area (Å²) in [7, 11) is 0. The van der Waals surface area contributed by atoms with Gasteiger partial charge in [0.1, 0.15) is 17.9 Å². The van der Waals surface area contributed by atoms with Gasteiger partial charge in [-0.15, -0.1) is 0 Å². The van der Waals surface area contributed by atoms with Crippen molar-refractivity contribution in [3.63, 3.8) is 0 Å².